The Morgan fingerprint density at radius 2 is 2.23 bits per heavy atom. The van der Waals surface area contributed by atoms with E-state index in [0.717, 1.165) is 16.2 Å². The van der Waals surface area contributed by atoms with Crippen LogP contribution in [0.4, 0.5) is 0 Å². The first-order valence-electron chi connectivity index (χ1n) is 6.89. The molecular formula is C16H16N2O3S. The van der Waals surface area contributed by atoms with E-state index in [2.05, 4.69) is 5.10 Å². The van der Waals surface area contributed by atoms with Crippen molar-refractivity contribution in [2.45, 2.75) is 19.4 Å². The lowest BCUT2D eigenvalue weighted by Gasteiger charge is -2.22. The van der Waals surface area contributed by atoms with Gasteiger partial charge >= 0.3 is 0 Å². The number of methoxy groups -OCH3 is 1. The lowest BCUT2D eigenvalue weighted by molar-refractivity contribution is -0.130. The van der Waals surface area contributed by atoms with Crippen molar-refractivity contribution in [1.29, 1.82) is 0 Å². The monoisotopic (exact) mass is 316 g/mol. The van der Waals surface area contributed by atoms with Crippen LogP contribution in [0, 0.1) is 0 Å². The lowest BCUT2D eigenvalue weighted by Crippen LogP contribution is -2.24. The largest absolute Gasteiger partial charge is 0.504 e. The van der Waals surface area contributed by atoms with Crippen molar-refractivity contribution < 1.29 is 14.6 Å². The molecule has 1 atom stereocenters. The zero-order chi connectivity index (χ0) is 15.7. The number of nitrogens with zero attached hydrogens (tertiary/aromatic N) is 2. The number of aromatic hydroxyl groups is 1. The second-order valence-electron chi connectivity index (χ2n) is 5.01. The molecule has 0 aliphatic carbocycles. The Morgan fingerprint density at radius 3 is 2.86 bits per heavy atom. The smallest absolute Gasteiger partial charge is 0.240 e. The molecule has 3 rings (SSSR count). The zero-order valence-corrected chi connectivity index (χ0v) is 13.1. The molecule has 2 aromatic rings. The topological polar surface area (TPSA) is 62.1 Å². The van der Waals surface area contributed by atoms with Crippen molar-refractivity contribution in [2.75, 3.05) is 7.11 Å². The van der Waals surface area contributed by atoms with Gasteiger partial charge in [0.05, 0.1) is 23.7 Å². The Labute approximate surface area is 132 Å². The Balaban J connectivity index is 2.01. The van der Waals surface area contributed by atoms with Crippen LogP contribution in [-0.4, -0.2) is 28.8 Å². The third kappa shape index (κ3) is 2.46. The SMILES string of the molecule is COc1c(O)cccc1[C@@H]1CC(c2cccs2)=NN1C(C)=O. The zero-order valence-electron chi connectivity index (χ0n) is 12.3. The van der Waals surface area contributed by atoms with Gasteiger partial charge in [-0.25, -0.2) is 5.01 Å². The highest BCUT2D eigenvalue weighted by Gasteiger charge is 2.34. The molecule has 1 amide bonds. The number of hydrazone groups is 1. The molecule has 114 valence electrons. The second-order valence-corrected chi connectivity index (χ2v) is 5.95. The van der Waals surface area contributed by atoms with Gasteiger partial charge in [0.15, 0.2) is 11.5 Å². The minimum absolute atomic E-state index is 0.0630. The van der Waals surface area contributed by atoms with Gasteiger partial charge in [-0.15, -0.1) is 11.3 Å². The van der Waals surface area contributed by atoms with E-state index in [1.54, 1.807) is 23.5 Å². The minimum Gasteiger partial charge on any atom is -0.504 e. The lowest BCUT2D eigenvalue weighted by atomic mass is 9.99. The average molecular weight is 316 g/mol. The van der Waals surface area contributed by atoms with Gasteiger partial charge in [-0.3, -0.25) is 4.79 Å². The number of phenols is 1. The summed E-state index contributed by atoms with van der Waals surface area (Å²) >= 11 is 1.59. The van der Waals surface area contributed by atoms with Crippen molar-refractivity contribution in [3.8, 4) is 11.5 Å². The number of phenolic OH excluding ortho intramolecular Hbond substituents is 1. The maximum Gasteiger partial charge on any atom is 0.240 e. The number of ether oxygens (including phenoxy) is 1. The van der Waals surface area contributed by atoms with Crippen LogP contribution in [0.5, 0.6) is 11.5 Å². The highest BCUT2D eigenvalue weighted by Crippen LogP contribution is 2.41. The van der Waals surface area contributed by atoms with E-state index in [1.165, 1.54) is 19.0 Å². The van der Waals surface area contributed by atoms with Crippen molar-refractivity contribution in [2.24, 2.45) is 5.10 Å². The molecule has 6 heteroatoms. The molecule has 0 saturated heterocycles. The van der Waals surface area contributed by atoms with E-state index in [1.807, 2.05) is 23.6 Å². The summed E-state index contributed by atoms with van der Waals surface area (Å²) in [5.41, 5.74) is 1.63. The Bertz CT molecular complexity index is 725. The number of benzene rings is 1. The van der Waals surface area contributed by atoms with Crippen LogP contribution in [0.2, 0.25) is 0 Å². The van der Waals surface area contributed by atoms with E-state index < -0.39 is 0 Å². The summed E-state index contributed by atoms with van der Waals surface area (Å²) in [4.78, 5) is 13.0. The molecule has 5 nitrogen and oxygen atoms in total. The first-order valence-corrected chi connectivity index (χ1v) is 7.76. The molecule has 0 unspecified atom stereocenters. The van der Waals surface area contributed by atoms with E-state index in [0.29, 0.717) is 12.2 Å². The number of carbonyl (C=O) groups excluding carboxylic acids is 1. The highest BCUT2D eigenvalue weighted by molar-refractivity contribution is 7.12. The molecule has 1 aliphatic rings. The number of hydrogen-bond donors (Lipinski definition) is 1. The third-order valence-electron chi connectivity index (χ3n) is 3.63. The molecule has 0 saturated carbocycles. The van der Waals surface area contributed by atoms with Gasteiger partial charge in [-0.2, -0.15) is 5.10 Å². The summed E-state index contributed by atoms with van der Waals surface area (Å²) < 4.78 is 5.31. The van der Waals surface area contributed by atoms with Gasteiger partial charge in [0.2, 0.25) is 5.91 Å². The molecule has 1 aromatic heterocycles. The first kappa shape index (κ1) is 14.6. The normalized spacial score (nSPS) is 17.5. The minimum atomic E-state index is -0.267. The van der Waals surface area contributed by atoms with Crippen molar-refractivity contribution in [3.63, 3.8) is 0 Å². The van der Waals surface area contributed by atoms with Gasteiger partial charge in [0.25, 0.3) is 0 Å². The molecule has 1 aromatic carbocycles. The summed E-state index contributed by atoms with van der Waals surface area (Å²) in [6.45, 7) is 1.49. The number of amides is 1. The first-order chi connectivity index (χ1) is 10.6. The maximum absolute atomic E-state index is 11.9. The number of hydrogen-bond acceptors (Lipinski definition) is 5. The van der Waals surface area contributed by atoms with Crippen LogP contribution in [0.1, 0.15) is 29.8 Å². The third-order valence-corrected chi connectivity index (χ3v) is 4.55. The van der Waals surface area contributed by atoms with Gasteiger partial charge in [0, 0.05) is 18.9 Å². The molecule has 0 fully saturated rings. The summed E-state index contributed by atoms with van der Waals surface area (Å²) in [7, 11) is 1.51. The molecule has 0 bridgehead atoms. The Morgan fingerprint density at radius 1 is 1.41 bits per heavy atom. The van der Waals surface area contributed by atoms with E-state index in [9.17, 15) is 9.90 Å². The fourth-order valence-electron chi connectivity index (χ4n) is 2.66. The fraction of sp³-hybridized carbons (Fsp3) is 0.250. The van der Waals surface area contributed by atoms with Gasteiger partial charge in [-0.1, -0.05) is 18.2 Å². The number of thiophene rings is 1. The van der Waals surface area contributed by atoms with Crippen molar-refractivity contribution >= 4 is 23.0 Å². The van der Waals surface area contributed by atoms with Crippen LogP contribution in [0.25, 0.3) is 0 Å². The maximum atomic E-state index is 11.9. The molecule has 0 radical (unpaired) electrons. The van der Waals surface area contributed by atoms with Crippen LogP contribution < -0.4 is 4.74 Å². The average Bonchev–Trinajstić information content (AvgIpc) is 3.16. The number of rotatable bonds is 3. The predicted octanol–water partition coefficient (Wildman–Crippen LogP) is 3.16. The van der Waals surface area contributed by atoms with Crippen LogP contribution in [-0.2, 0) is 4.79 Å². The van der Waals surface area contributed by atoms with E-state index >= 15 is 0 Å². The van der Waals surface area contributed by atoms with Crippen LogP contribution >= 0.6 is 11.3 Å². The molecule has 1 N–H and O–H groups in total. The molecule has 0 spiro atoms. The summed E-state index contributed by atoms with van der Waals surface area (Å²) in [6, 6.07) is 8.85. The van der Waals surface area contributed by atoms with Gasteiger partial charge in [0.1, 0.15) is 0 Å². The summed E-state index contributed by atoms with van der Waals surface area (Å²) in [5, 5.41) is 17.9. The standard InChI is InChI=1S/C16H16N2O3S/c1-10(19)18-13(9-12(17-18)15-7-4-8-22-15)11-5-3-6-14(20)16(11)21-2/h3-8,13,20H,9H2,1-2H3/t13-/m0/s1. The van der Waals surface area contributed by atoms with Crippen molar-refractivity contribution in [3.05, 3.63) is 46.2 Å². The summed E-state index contributed by atoms with van der Waals surface area (Å²) in [6.07, 6.45) is 0.597. The molecule has 1 aliphatic heterocycles. The second kappa shape index (κ2) is 5.81. The molecular weight excluding hydrogens is 300 g/mol. The number of para-hydroxylation sites is 1. The van der Waals surface area contributed by atoms with Gasteiger partial charge < -0.3 is 9.84 Å². The molecule has 22 heavy (non-hydrogen) atoms. The van der Waals surface area contributed by atoms with Crippen molar-refractivity contribution in [1.82, 2.24) is 5.01 Å². The molecule has 2 heterocycles. The fourth-order valence-corrected chi connectivity index (χ4v) is 3.38. The number of carbonyl (C=O) groups is 1. The van der Waals surface area contributed by atoms with E-state index in [4.69, 9.17) is 4.74 Å². The summed E-state index contributed by atoms with van der Waals surface area (Å²) in [5.74, 6) is 0.316. The highest BCUT2D eigenvalue weighted by atomic mass is 32.1. The van der Waals surface area contributed by atoms with Crippen LogP contribution in [0.3, 0.4) is 0 Å². The predicted molar refractivity (Wildman–Crippen MR) is 85.4 cm³/mol. The van der Waals surface area contributed by atoms with Crippen LogP contribution in [0.15, 0.2) is 40.8 Å². The quantitative estimate of drug-likeness (QED) is 0.946. The Kier molecular flexibility index (Phi) is 3.85. The van der Waals surface area contributed by atoms with E-state index in [-0.39, 0.29) is 17.7 Å². The van der Waals surface area contributed by atoms with Gasteiger partial charge in [-0.05, 0) is 17.5 Å². The Hall–Kier alpha value is -2.34.